The van der Waals surface area contributed by atoms with Crippen molar-refractivity contribution in [3.05, 3.63) is 59.0 Å². The Balaban J connectivity index is 0.00000192. The number of guanidine groups is 1. The van der Waals surface area contributed by atoms with Gasteiger partial charge >= 0.3 is 0 Å². The van der Waals surface area contributed by atoms with Crippen molar-refractivity contribution in [1.29, 1.82) is 0 Å². The van der Waals surface area contributed by atoms with Gasteiger partial charge in [0.25, 0.3) is 0 Å². The van der Waals surface area contributed by atoms with Gasteiger partial charge < -0.3 is 15.1 Å². The van der Waals surface area contributed by atoms with Crippen molar-refractivity contribution in [3.8, 4) is 0 Å². The van der Waals surface area contributed by atoms with Crippen LogP contribution in [0.4, 0.5) is 0 Å². The lowest BCUT2D eigenvalue weighted by atomic mass is 10.1. The second-order valence-electron chi connectivity index (χ2n) is 5.42. The summed E-state index contributed by atoms with van der Waals surface area (Å²) < 4.78 is 5.31. The number of aliphatic imine (C=N–C) groups is 1. The molecule has 1 aliphatic carbocycles. The molecule has 1 heterocycles. The van der Waals surface area contributed by atoms with Crippen LogP contribution in [0.2, 0.25) is 5.02 Å². The molecule has 3 rings (SSSR count). The quantitative estimate of drug-likeness (QED) is 0.413. The number of benzene rings is 1. The first-order valence-corrected chi connectivity index (χ1v) is 7.96. The number of nitrogens with one attached hydrogen (secondary N) is 2. The molecule has 1 aromatic heterocycles. The summed E-state index contributed by atoms with van der Waals surface area (Å²) in [6, 6.07) is 12.3. The number of furan rings is 1. The highest BCUT2D eigenvalue weighted by Crippen LogP contribution is 2.41. The van der Waals surface area contributed by atoms with Crippen molar-refractivity contribution in [3.63, 3.8) is 0 Å². The second kappa shape index (κ2) is 8.59. The van der Waals surface area contributed by atoms with Crippen molar-refractivity contribution in [2.45, 2.75) is 31.8 Å². The van der Waals surface area contributed by atoms with Gasteiger partial charge in [-0.05, 0) is 43.2 Å². The summed E-state index contributed by atoms with van der Waals surface area (Å²) in [5, 5.41) is 7.54. The topological polar surface area (TPSA) is 49.6 Å². The Bertz CT molecular complexity index is 645. The molecule has 0 spiro atoms. The maximum Gasteiger partial charge on any atom is 0.191 e. The van der Waals surface area contributed by atoms with Gasteiger partial charge in [-0.15, -0.1) is 24.0 Å². The van der Waals surface area contributed by atoms with Gasteiger partial charge in [0.2, 0.25) is 0 Å². The first-order valence-electron chi connectivity index (χ1n) is 7.59. The van der Waals surface area contributed by atoms with Crippen molar-refractivity contribution >= 4 is 41.5 Å². The molecule has 2 N–H and O–H groups in total. The summed E-state index contributed by atoms with van der Waals surface area (Å²) in [7, 11) is 0. The zero-order valence-corrected chi connectivity index (χ0v) is 16.0. The fourth-order valence-corrected chi connectivity index (χ4v) is 2.71. The summed E-state index contributed by atoms with van der Waals surface area (Å²) in [4.78, 5) is 4.56. The van der Waals surface area contributed by atoms with Crippen molar-refractivity contribution in [2.24, 2.45) is 4.99 Å². The van der Waals surface area contributed by atoms with Gasteiger partial charge in [0.1, 0.15) is 12.3 Å². The highest BCUT2D eigenvalue weighted by molar-refractivity contribution is 14.0. The Hall–Kier alpha value is -1.21. The van der Waals surface area contributed by atoms with Crippen molar-refractivity contribution in [2.75, 3.05) is 6.54 Å². The van der Waals surface area contributed by atoms with E-state index in [9.17, 15) is 0 Å². The minimum Gasteiger partial charge on any atom is -0.467 e. The predicted octanol–water partition coefficient (Wildman–Crippen LogP) is 4.16. The van der Waals surface area contributed by atoms with Crippen LogP contribution in [-0.2, 0) is 6.54 Å². The van der Waals surface area contributed by atoms with Gasteiger partial charge in [0, 0.05) is 23.5 Å². The number of hydrogen-bond acceptors (Lipinski definition) is 2. The molecule has 1 fully saturated rings. The maximum absolute atomic E-state index is 6.06. The van der Waals surface area contributed by atoms with Gasteiger partial charge in [-0.3, -0.25) is 0 Å². The Labute approximate surface area is 158 Å². The minimum atomic E-state index is 0. The summed E-state index contributed by atoms with van der Waals surface area (Å²) in [5.41, 5.74) is 1.28. The first kappa shape index (κ1) is 18.1. The van der Waals surface area contributed by atoms with Crippen LogP contribution >= 0.6 is 35.6 Å². The molecule has 4 nitrogen and oxygen atoms in total. The molecule has 2 atom stereocenters. The Morgan fingerprint density at radius 3 is 2.91 bits per heavy atom. The van der Waals surface area contributed by atoms with Crippen LogP contribution in [-0.4, -0.2) is 18.5 Å². The lowest BCUT2D eigenvalue weighted by Gasteiger charge is -2.11. The third-order valence-electron chi connectivity index (χ3n) is 3.71. The number of halogens is 2. The third-order valence-corrected chi connectivity index (χ3v) is 3.94. The monoisotopic (exact) mass is 445 g/mol. The normalized spacial score (nSPS) is 19.8. The molecule has 1 aromatic carbocycles. The molecule has 0 saturated heterocycles. The molecular weight excluding hydrogens is 425 g/mol. The summed E-state index contributed by atoms with van der Waals surface area (Å²) >= 11 is 6.06. The van der Waals surface area contributed by atoms with Gasteiger partial charge in [-0.1, -0.05) is 23.7 Å². The molecule has 0 radical (unpaired) electrons. The standard InChI is InChI=1S/C17H20ClN3O.HI/c1-2-19-17(20-11-14-7-4-8-22-14)21-16-10-15(16)12-5-3-6-13(18)9-12;/h3-9,15-16H,2,10-11H2,1H3,(H2,19,20,21);1H. The molecule has 2 aromatic rings. The number of nitrogens with zero attached hydrogens (tertiary/aromatic N) is 1. The molecule has 1 saturated carbocycles. The summed E-state index contributed by atoms with van der Waals surface area (Å²) in [6.45, 7) is 3.43. The fourth-order valence-electron chi connectivity index (χ4n) is 2.52. The van der Waals surface area contributed by atoms with Gasteiger partial charge in [0.15, 0.2) is 5.96 Å². The molecular formula is C17H21ClIN3O. The van der Waals surface area contributed by atoms with E-state index >= 15 is 0 Å². The largest absolute Gasteiger partial charge is 0.467 e. The van der Waals surface area contributed by atoms with E-state index < -0.39 is 0 Å². The molecule has 124 valence electrons. The van der Waals surface area contributed by atoms with Crippen LogP contribution in [0.1, 0.15) is 30.6 Å². The average Bonchev–Trinajstić information content (AvgIpc) is 3.07. The first-order chi connectivity index (χ1) is 10.8. The molecule has 2 unspecified atom stereocenters. The lowest BCUT2D eigenvalue weighted by molar-refractivity contribution is 0.512. The van der Waals surface area contributed by atoms with Gasteiger partial charge in [-0.2, -0.15) is 0 Å². The van der Waals surface area contributed by atoms with E-state index in [1.165, 1.54) is 5.56 Å². The SMILES string of the molecule is CCNC(=NCc1ccco1)NC1CC1c1cccc(Cl)c1.I. The van der Waals surface area contributed by atoms with Crippen LogP contribution in [0.3, 0.4) is 0 Å². The molecule has 1 aliphatic rings. The van der Waals surface area contributed by atoms with Crippen LogP contribution in [0.5, 0.6) is 0 Å². The van der Waals surface area contributed by atoms with E-state index in [-0.39, 0.29) is 24.0 Å². The van der Waals surface area contributed by atoms with E-state index in [1.807, 2.05) is 30.3 Å². The van der Waals surface area contributed by atoms with Crippen molar-refractivity contribution in [1.82, 2.24) is 10.6 Å². The van der Waals surface area contributed by atoms with E-state index in [0.717, 1.165) is 29.7 Å². The zero-order chi connectivity index (χ0) is 15.4. The highest BCUT2D eigenvalue weighted by Gasteiger charge is 2.39. The van der Waals surface area contributed by atoms with E-state index in [1.54, 1.807) is 6.26 Å². The van der Waals surface area contributed by atoms with Gasteiger partial charge in [0.05, 0.1) is 6.26 Å². The average molecular weight is 446 g/mol. The minimum absolute atomic E-state index is 0. The lowest BCUT2D eigenvalue weighted by Crippen LogP contribution is -2.39. The van der Waals surface area contributed by atoms with Gasteiger partial charge in [-0.25, -0.2) is 4.99 Å². The molecule has 6 heteroatoms. The zero-order valence-electron chi connectivity index (χ0n) is 13.0. The smallest absolute Gasteiger partial charge is 0.191 e. The van der Waals surface area contributed by atoms with E-state index in [2.05, 4.69) is 28.6 Å². The van der Waals surface area contributed by atoms with Crippen LogP contribution in [0.25, 0.3) is 0 Å². The summed E-state index contributed by atoms with van der Waals surface area (Å²) in [5.74, 6) is 2.19. The van der Waals surface area contributed by atoms with Crippen LogP contribution in [0.15, 0.2) is 52.1 Å². The van der Waals surface area contributed by atoms with Crippen LogP contribution < -0.4 is 10.6 Å². The molecule has 0 amide bonds. The number of rotatable bonds is 5. The fraction of sp³-hybridized carbons (Fsp3) is 0.353. The second-order valence-corrected chi connectivity index (χ2v) is 5.86. The van der Waals surface area contributed by atoms with Crippen molar-refractivity contribution < 1.29 is 4.42 Å². The predicted molar refractivity (Wildman–Crippen MR) is 105 cm³/mol. The van der Waals surface area contributed by atoms with Crippen LogP contribution in [0, 0.1) is 0 Å². The number of hydrogen-bond donors (Lipinski definition) is 2. The molecule has 0 bridgehead atoms. The Morgan fingerprint density at radius 1 is 1.35 bits per heavy atom. The highest BCUT2D eigenvalue weighted by atomic mass is 127. The molecule has 23 heavy (non-hydrogen) atoms. The summed E-state index contributed by atoms with van der Waals surface area (Å²) in [6.07, 6.45) is 2.77. The van der Waals surface area contributed by atoms with E-state index in [0.29, 0.717) is 18.5 Å². The Kier molecular flexibility index (Phi) is 6.77. The molecule has 0 aliphatic heterocycles. The van der Waals surface area contributed by atoms with E-state index in [4.69, 9.17) is 16.0 Å². The third kappa shape index (κ3) is 5.14. The Morgan fingerprint density at radius 2 is 2.22 bits per heavy atom. The maximum atomic E-state index is 6.06.